The minimum Gasteiger partial charge on any atom is -0.409 e. The molecule has 0 radical (unpaired) electrons. The average Bonchev–Trinajstić information content (AvgIpc) is 2.93. The molecule has 0 unspecified atom stereocenters. The summed E-state index contributed by atoms with van der Waals surface area (Å²) in [6.07, 6.45) is 6.09. The SMILES string of the molecule is CCC1CCC(NC(=O)c2ccn(C)n2)(/C(N)=N/O)CC1. The van der Waals surface area contributed by atoms with Gasteiger partial charge in [-0.25, -0.2) is 0 Å². The normalized spacial score (nSPS) is 26.6. The summed E-state index contributed by atoms with van der Waals surface area (Å²) in [6, 6.07) is 1.65. The third-order valence-electron chi connectivity index (χ3n) is 4.43. The molecule has 0 atom stereocenters. The lowest BCUT2D eigenvalue weighted by molar-refractivity contribution is 0.0889. The minimum absolute atomic E-state index is 0.0707. The number of aryl methyl sites for hydroxylation is 1. The maximum absolute atomic E-state index is 12.3. The van der Waals surface area contributed by atoms with E-state index in [1.54, 1.807) is 24.0 Å². The summed E-state index contributed by atoms with van der Waals surface area (Å²) in [5.74, 6) is 0.412. The van der Waals surface area contributed by atoms with Crippen molar-refractivity contribution in [2.45, 2.75) is 44.6 Å². The highest BCUT2D eigenvalue weighted by molar-refractivity contribution is 5.99. The zero-order valence-corrected chi connectivity index (χ0v) is 12.5. The Morgan fingerprint density at radius 1 is 1.62 bits per heavy atom. The zero-order chi connectivity index (χ0) is 15.5. The fourth-order valence-corrected chi connectivity index (χ4v) is 2.94. The monoisotopic (exact) mass is 293 g/mol. The summed E-state index contributed by atoms with van der Waals surface area (Å²) in [5, 5.41) is 19.2. The lowest BCUT2D eigenvalue weighted by atomic mass is 9.75. The molecular formula is C14H23N5O2. The van der Waals surface area contributed by atoms with E-state index in [1.807, 2.05) is 0 Å². The molecule has 116 valence electrons. The number of carbonyl (C=O) groups is 1. The van der Waals surface area contributed by atoms with Crippen LogP contribution in [0.4, 0.5) is 0 Å². The number of nitrogens with zero attached hydrogens (tertiary/aromatic N) is 3. The van der Waals surface area contributed by atoms with Crippen molar-refractivity contribution < 1.29 is 10.0 Å². The van der Waals surface area contributed by atoms with Crippen LogP contribution in [-0.4, -0.2) is 32.3 Å². The molecule has 7 heteroatoms. The van der Waals surface area contributed by atoms with Crippen LogP contribution >= 0.6 is 0 Å². The Hall–Kier alpha value is -2.05. The molecule has 0 aliphatic heterocycles. The van der Waals surface area contributed by atoms with E-state index in [4.69, 9.17) is 10.9 Å². The fourth-order valence-electron chi connectivity index (χ4n) is 2.94. The highest BCUT2D eigenvalue weighted by Crippen LogP contribution is 2.34. The van der Waals surface area contributed by atoms with Crippen molar-refractivity contribution in [3.8, 4) is 0 Å². The third-order valence-corrected chi connectivity index (χ3v) is 4.43. The van der Waals surface area contributed by atoms with E-state index in [2.05, 4.69) is 22.5 Å². The number of amides is 1. The van der Waals surface area contributed by atoms with E-state index in [0.29, 0.717) is 24.5 Å². The van der Waals surface area contributed by atoms with Crippen molar-refractivity contribution in [3.05, 3.63) is 18.0 Å². The van der Waals surface area contributed by atoms with E-state index in [1.165, 1.54) is 0 Å². The molecule has 1 aliphatic rings. The number of aromatic nitrogens is 2. The third kappa shape index (κ3) is 3.17. The first-order valence-electron chi connectivity index (χ1n) is 7.31. The number of nitrogens with one attached hydrogen (secondary N) is 1. The van der Waals surface area contributed by atoms with Gasteiger partial charge in [-0.1, -0.05) is 18.5 Å². The summed E-state index contributed by atoms with van der Waals surface area (Å²) in [7, 11) is 1.75. The first kappa shape index (κ1) is 15.3. The second kappa shape index (κ2) is 6.15. The van der Waals surface area contributed by atoms with Gasteiger partial charge in [0.1, 0.15) is 11.2 Å². The van der Waals surface area contributed by atoms with Gasteiger partial charge in [-0.15, -0.1) is 0 Å². The van der Waals surface area contributed by atoms with Crippen LogP contribution in [0.2, 0.25) is 0 Å². The second-order valence-electron chi connectivity index (χ2n) is 5.75. The maximum atomic E-state index is 12.3. The van der Waals surface area contributed by atoms with Gasteiger partial charge in [0.2, 0.25) is 0 Å². The van der Waals surface area contributed by atoms with Crippen LogP contribution in [0.25, 0.3) is 0 Å². The predicted molar refractivity (Wildman–Crippen MR) is 79.1 cm³/mol. The van der Waals surface area contributed by atoms with Gasteiger partial charge in [0.25, 0.3) is 5.91 Å². The highest BCUT2D eigenvalue weighted by Gasteiger charge is 2.40. The maximum Gasteiger partial charge on any atom is 0.272 e. The van der Waals surface area contributed by atoms with Crippen LogP contribution in [-0.2, 0) is 7.05 Å². The van der Waals surface area contributed by atoms with E-state index in [9.17, 15) is 4.79 Å². The first-order valence-corrected chi connectivity index (χ1v) is 7.31. The van der Waals surface area contributed by atoms with E-state index < -0.39 is 5.54 Å². The van der Waals surface area contributed by atoms with Gasteiger partial charge in [-0.05, 0) is 37.7 Å². The number of hydrogen-bond donors (Lipinski definition) is 3. The van der Waals surface area contributed by atoms with Crippen molar-refractivity contribution in [1.82, 2.24) is 15.1 Å². The van der Waals surface area contributed by atoms with Crippen molar-refractivity contribution >= 4 is 11.7 Å². The Morgan fingerprint density at radius 2 is 2.29 bits per heavy atom. The summed E-state index contributed by atoms with van der Waals surface area (Å²) >= 11 is 0. The van der Waals surface area contributed by atoms with Gasteiger partial charge < -0.3 is 16.3 Å². The Labute approximate surface area is 124 Å². The molecule has 1 fully saturated rings. The number of rotatable bonds is 4. The lowest BCUT2D eigenvalue weighted by Gasteiger charge is -2.39. The van der Waals surface area contributed by atoms with E-state index >= 15 is 0 Å². The smallest absolute Gasteiger partial charge is 0.272 e. The summed E-state index contributed by atoms with van der Waals surface area (Å²) in [4.78, 5) is 12.3. The first-order chi connectivity index (χ1) is 10.0. The van der Waals surface area contributed by atoms with Crippen LogP contribution in [0.5, 0.6) is 0 Å². The lowest BCUT2D eigenvalue weighted by Crippen LogP contribution is -2.59. The standard InChI is InChI=1S/C14H23N5O2/c1-3-10-4-7-14(8-5-10,13(15)18-21)16-12(20)11-6-9-19(2)17-11/h6,9-10,21H,3-5,7-8H2,1-2H3,(H2,15,18)(H,16,20). The zero-order valence-electron chi connectivity index (χ0n) is 12.5. The molecule has 4 N–H and O–H groups in total. The Morgan fingerprint density at radius 3 is 2.76 bits per heavy atom. The molecule has 2 rings (SSSR count). The van der Waals surface area contributed by atoms with Crippen molar-refractivity contribution in [2.75, 3.05) is 0 Å². The van der Waals surface area contributed by atoms with Gasteiger partial charge in [-0.3, -0.25) is 9.48 Å². The molecule has 0 spiro atoms. The predicted octanol–water partition coefficient (Wildman–Crippen LogP) is 1.24. The molecule has 1 aliphatic carbocycles. The fraction of sp³-hybridized carbons (Fsp3) is 0.643. The van der Waals surface area contributed by atoms with E-state index in [0.717, 1.165) is 19.3 Å². The van der Waals surface area contributed by atoms with Gasteiger partial charge in [-0.2, -0.15) is 5.10 Å². The summed E-state index contributed by atoms with van der Waals surface area (Å²) in [5.41, 5.74) is 5.43. The van der Waals surface area contributed by atoms with Crippen molar-refractivity contribution in [1.29, 1.82) is 0 Å². The van der Waals surface area contributed by atoms with Crippen LogP contribution in [0.3, 0.4) is 0 Å². The van der Waals surface area contributed by atoms with Gasteiger partial charge in [0.15, 0.2) is 5.84 Å². The van der Waals surface area contributed by atoms with Crippen LogP contribution in [0, 0.1) is 5.92 Å². The molecule has 0 bridgehead atoms. The van der Waals surface area contributed by atoms with E-state index in [-0.39, 0.29) is 11.7 Å². The molecule has 1 heterocycles. The largest absolute Gasteiger partial charge is 0.409 e. The van der Waals surface area contributed by atoms with Crippen LogP contribution < -0.4 is 11.1 Å². The summed E-state index contributed by atoms with van der Waals surface area (Å²) in [6.45, 7) is 2.16. The number of nitrogens with two attached hydrogens (primary N) is 1. The molecule has 21 heavy (non-hydrogen) atoms. The number of hydrogen-bond acceptors (Lipinski definition) is 4. The Balaban J connectivity index is 2.16. The topological polar surface area (TPSA) is 106 Å². The molecule has 0 saturated heterocycles. The number of carbonyl (C=O) groups excluding carboxylic acids is 1. The van der Waals surface area contributed by atoms with Gasteiger partial charge >= 0.3 is 0 Å². The molecule has 0 aromatic carbocycles. The van der Waals surface area contributed by atoms with Crippen molar-refractivity contribution in [3.63, 3.8) is 0 Å². The number of amidine groups is 1. The van der Waals surface area contributed by atoms with Gasteiger partial charge in [0.05, 0.1) is 0 Å². The molecule has 1 aromatic heterocycles. The Kier molecular flexibility index (Phi) is 4.50. The van der Waals surface area contributed by atoms with Gasteiger partial charge in [0, 0.05) is 13.2 Å². The molecule has 1 aromatic rings. The minimum atomic E-state index is -0.769. The quantitative estimate of drug-likeness (QED) is 0.336. The summed E-state index contributed by atoms with van der Waals surface area (Å²) < 4.78 is 1.57. The highest BCUT2D eigenvalue weighted by atomic mass is 16.4. The molecular weight excluding hydrogens is 270 g/mol. The molecule has 1 saturated carbocycles. The Bertz CT molecular complexity index is 529. The van der Waals surface area contributed by atoms with Crippen LogP contribution in [0.1, 0.15) is 49.5 Å². The number of oxime groups is 1. The average molecular weight is 293 g/mol. The molecule has 7 nitrogen and oxygen atoms in total. The molecule has 1 amide bonds. The second-order valence-corrected chi connectivity index (χ2v) is 5.75. The van der Waals surface area contributed by atoms with Crippen molar-refractivity contribution in [2.24, 2.45) is 23.9 Å². The van der Waals surface area contributed by atoms with Crippen LogP contribution in [0.15, 0.2) is 17.4 Å².